The zero-order chi connectivity index (χ0) is 13.7. The largest absolute Gasteiger partial charge is 0.416 e. The first kappa shape index (κ1) is 13.6. The first-order valence-corrected chi connectivity index (χ1v) is 10.1. The zero-order valence-corrected chi connectivity index (χ0v) is 12.9. The summed E-state index contributed by atoms with van der Waals surface area (Å²) < 4.78 is 6.41. The summed E-state index contributed by atoms with van der Waals surface area (Å²) >= 11 is 0. The number of benzene rings is 2. The molecule has 0 unspecified atom stereocenters. The third-order valence-electron chi connectivity index (χ3n) is 4.17. The molecule has 1 heterocycles. The van der Waals surface area contributed by atoms with Gasteiger partial charge in [-0.25, -0.2) is 0 Å². The summed E-state index contributed by atoms with van der Waals surface area (Å²) in [7, 11) is -1.66. The van der Waals surface area contributed by atoms with Crippen molar-refractivity contribution >= 4 is 8.32 Å². The monoisotopic (exact) mass is 282 g/mol. The van der Waals surface area contributed by atoms with E-state index in [1.807, 2.05) is 0 Å². The highest BCUT2D eigenvalue weighted by Gasteiger charge is 2.37. The second kappa shape index (κ2) is 6.38. The number of hydrogen-bond acceptors (Lipinski definition) is 1. The van der Waals surface area contributed by atoms with Crippen LogP contribution in [-0.4, -0.2) is 14.9 Å². The van der Waals surface area contributed by atoms with Crippen LogP contribution < -0.4 is 0 Å². The molecule has 2 heteroatoms. The van der Waals surface area contributed by atoms with Gasteiger partial charge in [-0.05, 0) is 35.7 Å². The highest BCUT2D eigenvalue weighted by molar-refractivity contribution is 6.72. The van der Waals surface area contributed by atoms with Crippen LogP contribution >= 0.6 is 0 Å². The Labute approximate surface area is 122 Å². The summed E-state index contributed by atoms with van der Waals surface area (Å²) in [6.07, 6.45) is 2.57. The van der Waals surface area contributed by atoms with Crippen molar-refractivity contribution in [3.05, 3.63) is 71.8 Å². The maximum Gasteiger partial charge on any atom is 0.201 e. The van der Waals surface area contributed by atoms with Gasteiger partial charge in [-0.2, -0.15) is 0 Å². The van der Waals surface area contributed by atoms with E-state index in [1.54, 1.807) is 0 Å². The van der Waals surface area contributed by atoms with E-state index in [4.69, 9.17) is 4.43 Å². The molecule has 0 spiro atoms. The lowest BCUT2D eigenvalue weighted by molar-refractivity contribution is 0.264. The second-order valence-electron chi connectivity index (χ2n) is 5.81. The van der Waals surface area contributed by atoms with Gasteiger partial charge in [0, 0.05) is 6.61 Å². The summed E-state index contributed by atoms with van der Waals surface area (Å²) in [5, 5.41) is 0. The molecule has 1 aliphatic rings. The quantitative estimate of drug-likeness (QED) is 0.759. The molecule has 0 radical (unpaired) electrons. The van der Waals surface area contributed by atoms with E-state index in [1.165, 1.54) is 30.0 Å². The maximum atomic E-state index is 6.41. The van der Waals surface area contributed by atoms with Crippen molar-refractivity contribution in [1.29, 1.82) is 0 Å². The van der Waals surface area contributed by atoms with Crippen LogP contribution in [0.25, 0.3) is 0 Å². The Kier molecular flexibility index (Phi) is 4.33. The standard InChI is InChI=1S/C18H22OSi/c1-3-9-17(10-4-1)15-20(14-8-7-13-19-20)16-18-11-5-2-6-12-18/h1-6,9-12H,7-8,13-16H2. The van der Waals surface area contributed by atoms with E-state index in [9.17, 15) is 0 Å². The van der Waals surface area contributed by atoms with Crippen LogP contribution in [0.3, 0.4) is 0 Å². The number of hydrogen-bond donors (Lipinski definition) is 0. The molecule has 2 aromatic rings. The molecule has 20 heavy (non-hydrogen) atoms. The van der Waals surface area contributed by atoms with Gasteiger partial charge in [-0.15, -0.1) is 0 Å². The molecule has 1 saturated heterocycles. The Hall–Kier alpha value is -1.38. The number of rotatable bonds is 4. The minimum atomic E-state index is -1.66. The lowest BCUT2D eigenvalue weighted by Crippen LogP contribution is -2.46. The van der Waals surface area contributed by atoms with Crippen LogP contribution in [0.5, 0.6) is 0 Å². The first-order chi connectivity index (χ1) is 9.86. The third-order valence-corrected chi connectivity index (χ3v) is 8.36. The van der Waals surface area contributed by atoms with Gasteiger partial charge >= 0.3 is 0 Å². The highest BCUT2D eigenvalue weighted by atomic mass is 28.4. The molecule has 3 rings (SSSR count). The summed E-state index contributed by atoms with van der Waals surface area (Å²) in [5.74, 6) is 0. The van der Waals surface area contributed by atoms with Gasteiger partial charge in [0.05, 0.1) is 0 Å². The fourth-order valence-corrected chi connectivity index (χ4v) is 7.45. The molecule has 1 aliphatic heterocycles. The molecule has 0 bridgehead atoms. The van der Waals surface area contributed by atoms with Crippen LogP contribution in [0.4, 0.5) is 0 Å². The predicted octanol–water partition coefficient (Wildman–Crippen LogP) is 4.31. The van der Waals surface area contributed by atoms with E-state index >= 15 is 0 Å². The van der Waals surface area contributed by atoms with Gasteiger partial charge in [0.1, 0.15) is 0 Å². The molecule has 0 N–H and O–H groups in total. The molecule has 0 saturated carbocycles. The molecule has 0 amide bonds. The van der Waals surface area contributed by atoms with Crippen molar-refractivity contribution in [1.82, 2.24) is 0 Å². The normalized spacial score (nSPS) is 17.8. The summed E-state index contributed by atoms with van der Waals surface area (Å²) in [5.41, 5.74) is 2.88. The smallest absolute Gasteiger partial charge is 0.201 e. The van der Waals surface area contributed by atoms with Crippen molar-refractivity contribution in [3.8, 4) is 0 Å². The molecule has 0 atom stereocenters. The van der Waals surface area contributed by atoms with E-state index in [0.29, 0.717) is 0 Å². The van der Waals surface area contributed by atoms with Crippen LogP contribution in [0, 0.1) is 0 Å². The average Bonchev–Trinajstić information content (AvgIpc) is 2.50. The molecule has 0 aliphatic carbocycles. The molecule has 1 fully saturated rings. The first-order valence-electron chi connectivity index (χ1n) is 7.58. The lowest BCUT2D eigenvalue weighted by Gasteiger charge is -2.35. The fourth-order valence-electron chi connectivity index (χ4n) is 3.19. The van der Waals surface area contributed by atoms with Gasteiger partial charge in [0.15, 0.2) is 0 Å². The molecule has 0 aromatic heterocycles. The summed E-state index contributed by atoms with van der Waals surface area (Å²) in [4.78, 5) is 0. The van der Waals surface area contributed by atoms with Gasteiger partial charge in [-0.1, -0.05) is 67.1 Å². The summed E-state index contributed by atoms with van der Waals surface area (Å²) in [6, 6.07) is 25.4. The molecule has 1 nitrogen and oxygen atoms in total. The minimum absolute atomic E-state index is 0.964. The van der Waals surface area contributed by atoms with E-state index < -0.39 is 8.32 Å². The van der Waals surface area contributed by atoms with Crippen LogP contribution in [0.2, 0.25) is 6.04 Å². The Bertz CT molecular complexity index is 474. The topological polar surface area (TPSA) is 9.23 Å². The van der Waals surface area contributed by atoms with E-state index in [2.05, 4.69) is 60.7 Å². The molecule has 104 valence electrons. The average molecular weight is 282 g/mol. The zero-order valence-electron chi connectivity index (χ0n) is 11.9. The van der Waals surface area contributed by atoms with Crippen molar-refractivity contribution in [2.24, 2.45) is 0 Å². The van der Waals surface area contributed by atoms with Crippen molar-refractivity contribution in [3.63, 3.8) is 0 Å². The predicted molar refractivity (Wildman–Crippen MR) is 86.0 cm³/mol. The SMILES string of the molecule is c1ccc(C[Si]2(Cc3ccccc3)CCCCO2)cc1. The fraction of sp³-hybridized carbons (Fsp3) is 0.333. The van der Waals surface area contributed by atoms with Gasteiger partial charge < -0.3 is 4.43 Å². The van der Waals surface area contributed by atoms with Crippen molar-refractivity contribution < 1.29 is 4.43 Å². The Morgan fingerprint density at radius 3 is 1.75 bits per heavy atom. The van der Waals surface area contributed by atoms with Crippen LogP contribution in [0.15, 0.2) is 60.7 Å². The maximum absolute atomic E-state index is 6.41. The van der Waals surface area contributed by atoms with Crippen LogP contribution in [-0.2, 0) is 16.5 Å². The highest BCUT2D eigenvalue weighted by Crippen LogP contribution is 2.29. The van der Waals surface area contributed by atoms with E-state index in [0.717, 1.165) is 18.7 Å². The molecular formula is C18H22OSi. The lowest BCUT2D eigenvalue weighted by atomic mass is 10.2. The van der Waals surface area contributed by atoms with Crippen molar-refractivity contribution in [2.45, 2.75) is 31.0 Å². The second-order valence-corrected chi connectivity index (χ2v) is 9.68. The van der Waals surface area contributed by atoms with Gasteiger partial charge in [0.25, 0.3) is 0 Å². The van der Waals surface area contributed by atoms with Gasteiger partial charge in [0.2, 0.25) is 8.32 Å². The molecule has 2 aromatic carbocycles. The Balaban J connectivity index is 1.81. The van der Waals surface area contributed by atoms with E-state index in [-0.39, 0.29) is 0 Å². The molecular weight excluding hydrogens is 260 g/mol. The van der Waals surface area contributed by atoms with Gasteiger partial charge in [-0.3, -0.25) is 0 Å². The summed E-state index contributed by atoms with van der Waals surface area (Å²) in [6.45, 7) is 0.964. The van der Waals surface area contributed by atoms with Crippen LogP contribution in [0.1, 0.15) is 24.0 Å². The minimum Gasteiger partial charge on any atom is -0.416 e. The third kappa shape index (κ3) is 3.38. The Morgan fingerprint density at radius 1 is 0.750 bits per heavy atom. The Morgan fingerprint density at radius 2 is 1.30 bits per heavy atom. The van der Waals surface area contributed by atoms with Crippen molar-refractivity contribution in [2.75, 3.05) is 6.61 Å².